The molecule has 1 fully saturated rings. The van der Waals surface area contributed by atoms with E-state index in [9.17, 15) is 9.59 Å². The summed E-state index contributed by atoms with van der Waals surface area (Å²) in [6, 6.07) is 7.22. The maximum Gasteiger partial charge on any atom is 0.261 e. The summed E-state index contributed by atoms with van der Waals surface area (Å²) >= 11 is 6.16. The van der Waals surface area contributed by atoms with Crippen LogP contribution in [-0.2, 0) is 0 Å². The van der Waals surface area contributed by atoms with Crippen molar-refractivity contribution in [2.24, 2.45) is 0 Å². The van der Waals surface area contributed by atoms with Crippen molar-refractivity contribution in [3.8, 4) is 0 Å². The number of amides is 2. The Morgan fingerprint density at radius 2 is 1.90 bits per heavy atom. The first kappa shape index (κ1) is 19.7. The fraction of sp³-hybridized carbons (Fsp3) is 0.318. The number of halogens is 1. The van der Waals surface area contributed by atoms with Gasteiger partial charge in [0.15, 0.2) is 17.0 Å². The van der Waals surface area contributed by atoms with Crippen LogP contribution >= 0.6 is 11.6 Å². The van der Waals surface area contributed by atoms with Crippen LogP contribution in [-0.4, -0.2) is 48.8 Å². The third kappa shape index (κ3) is 3.57. The number of allylic oxidation sites excluding steroid dienone is 1. The third-order valence-corrected chi connectivity index (χ3v) is 5.87. The number of rotatable bonds is 8. The molecule has 0 spiro atoms. The number of benzene rings is 1. The van der Waals surface area contributed by atoms with Crippen molar-refractivity contribution >= 4 is 40.4 Å². The van der Waals surface area contributed by atoms with E-state index in [-0.39, 0.29) is 23.1 Å². The second-order valence-electron chi connectivity index (χ2n) is 7.84. The SMILES string of the molecule is C=C[C@H](CCCN1C(=O)c2ccccc2C1=O)n1cnc2c(NC3CC3)nc(Cl)nc21. The molecule has 0 unspecified atom stereocenters. The monoisotopic (exact) mass is 436 g/mol. The molecule has 1 atom stereocenters. The number of nitrogens with zero attached hydrogens (tertiary/aromatic N) is 5. The molecular formula is C22H21ClN6O2. The molecule has 0 bridgehead atoms. The maximum absolute atomic E-state index is 12.6. The largest absolute Gasteiger partial charge is 0.365 e. The van der Waals surface area contributed by atoms with Crippen molar-refractivity contribution in [2.75, 3.05) is 11.9 Å². The van der Waals surface area contributed by atoms with Gasteiger partial charge in [-0.1, -0.05) is 18.2 Å². The van der Waals surface area contributed by atoms with E-state index in [0.29, 0.717) is 53.5 Å². The van der Waals surface area contributed by atoms with Gasteiger partial charge < -0.3 is 9.88 Å². The van der Waals surface area contributed by atoms with Crippen LogP contribution in [0.25, 0.3) is 11.2 Å². The van der Waals surface area contributed by atoms with Gasteiger partial charge in [0.2, 0.25) is 5.28 Å². The second-order valence-corrected chi connectivity index (χ2v) is 8.17. The number of fused-ring (bicyclic) bond motifs is 2. The van der Waals surface area contributed by atoms with Gasteiger partial charge in [0.05, 0.1) is 23.5 Å². The molecule has 31 heavy (non-hydrogen) atoms. The minimum atomic E-state index is -0.237. The van der Waals surface area contributed by atoms with Gasteiger partial charge in [-0.15, -0.1) is 6.58 Å². The molecule has 9 heteroatoms. The Hall–Kier alpha value is -3.26. The number of imide groups is 1. The van der Waals surface area contributed by atoms with Crippen molar-refractivity contribution in [3.63, 3.8) is 0 Å². The Morgan fingerprint density at radius 3 is 2.55 bits per heavy atom. The molecule has 158 valence electrons. The maximum atomic E-state index is 12.6. The lowest BCUT2D eigenvalue weighted by molar-refractivity contribution is 0.0650. The summed E-state index contributed by atoms with van der Waals surface area (Å²) in [6.07, 6.45) is 7.02. The summed E-state index contributed by atoms with van der Waals surface area (Å²) in [5.74, 6) is 0.170. The molecule has 1 aliphatic heterocycles. The molecule has 2 aliphatic rings. The molecule has 3 heterocycles. The number of hydrogen-bond donors (Lipinski definition) is 1. The number of carbonyl (C=O) groups is 2. The van der Waals surface area contributed by atoms with Gasteiger partial charge in [0.1, 0.15) is 0 Å². The first-order valence-electron chi connectivity index (χ1n) is 10.3. The predicted octanol–water partition coefficient (Wildman–Crippen LogP) is 3.86. The summed E-state index contributed by atoms with van der Waals surface area (Å²) in [4.78, 5) is 39.6. The van der Waals surface area contributed by atoms with Gasteiger partial charge >= 0.3 is 0 Å². The highest BCUT2D eigenvalue weighted by atomic mass is 35.5. The number of aromatic nitrogens is 4. The Bertz CT molecular complexity index is 1170. The van der Waals surface area contributed by atoms with E-state index >= 15 is 0 Å². The van der Waals surface area contributed by atoms with Crippen LogP contribution < -0.4 is 5.32 Å². The third-order valence-electron chi connectivity index (χ3n) is 5.70. The van der Waals surface area contributed by atoms with E-state index in [1.165, 1.54) is 4.90 Å². The lowest BCUT2D eigenvalue weighted by Gasteiger charge is -2.18. The van der Waals surface area contributed by atoms with Gasteiger partial charge in [-0.2, -0.15) is 9.97 Å². The van der Waals surface area contributed by atoms with E-state index in [0.717, 1.165) is 12.8 Å². The lowest BCUT2D eigenvalue weighted by atomic mass is 10.1. The highest BCUT2D eigenvalue weighted by molar-refractivity contribution is 6.28. The van der Waals surface area contributed by atoms with Crippen LogP contribution in [0.1, 0.15) is 52.4 Å². The number of nitrogens with one attached hydrogen (secondary N) is 1. The average molecular weight is 437 g/mol. The number of hydrogen-bond acceptors (Lipinski definition) is 6. The summed E-state index contributed by atoms with van der Waals surface area (Å²) in [5, 5.41) is 3.51. The summed E-state index contributed by atoms with van der Waals surface area (Å²) in [6.45, 7) is 4.29. The Labute approximate surface area is 183 Å². The van der Waals surface area contributed by atoms with Crippen molar-refractivity contribution in [1.82, 2.24) is 24.4 Å². The van der Waals surface area contributed by atoms with Crippen molar-refractivity contribution in [2.45, 2.75) is 37.8 Å². The topological polar surface area (TPSA) is 93.0 Å². The normalized spacial score (nSPS) is 16.6. The molecular weight excluding hydrogens is 416 g/mol. The molecule has 5 rings (SSSR count). The predicted molar refractivity (Wildman–Crippen MR) is 117 cm³/mol. The van der Waals surface area contributed by atoms with Crippen LogP contribution in [0.5, 0.6) is 0 Å². The number of imidazole rings is 1. The van der Waals surface area contributed by atoms with E-state index < -0.39 is 0 Å². The fourth-order valence-electron chi connectivity index (χ4n) is 3.93. The highest BCUT2D eigenvalue weighted by Crippen LogP contribution is 2.30. The molecule has 3 aromatic rings. The first-order valence-corrected chi connectivity index (χ1v) is 10.7. The minimum Gasteiger partial charge on any atom is -0.365 e. The van der Waals surface area contributed by atoms with Gasteiger partial charge in [0.25, 0.3) is 11.8 Å². The minimum absolute atomic E-state index is 0.111. The van der Waals surface area contributed by atoms with Crippen LogP contribution in [0.2, 0.25) is 5.28 Å². The van der Waals surface area contributed by atoms with Gasteiger partial charge in [-0.3, -0.25) is 14.5 Å². The standard InChI is InChI=1S/C22H21ClN6O2/c1-2-14(6-5-11-28-20(30)15-7-3-4-8-16(15)21(28)31)29-12-24-17-18(25-13-9-10-13)26-22(23)27-19(17)29/h2-4,7-8,12-14H,1,5-6,9-11H2,(H,25,26,27)/t14-/m1/s1. The lowest BCUT2D eigenvalue weighted by Crippen LogP contribution is -2.31. The van der Waals surface area contributed by atoms with Gasteiger partial charge in [-0.25, -0.2) is 4.98 Å². The zero-order valence-electron chi connectivity index (χ0n) is 16.8. The fourth-order valence-corrected chi connectivity index (χ4v) is 4.09. The quantitative estimate of drug-likeness (QED) is 0.327. The summed E-state index contributed by atoms with van der Waals surface area (Å²) < 4.78 is 1.91. The Kier molecular flexibility index (Phi) is 4.94. The van der Waals surface area contributed by atoms with Crippen LogP contribution in [0.3, 0.4) is 0 Å². The molecule has 0 radical (unpaired) electrons. The molecule has 2 amide bonds. The van der Waals surface area contributed by atoms with E-state index in [1.807, 2.05) is 10.6 Å². The Balaban J connectivity index is 1.31. The molecule has 1 aliphatic carbocycles. The summed E-state index contributed by atoms with van der Waals surface area (Å²) in [5.41, 5.74) is 2.24. The van der Waals surface area contributed by atoms with E-state index in [1.54, 1.807) is 30.6 Å². The molecule has 1 saturated carbocycles. The molecule has 0 saturated heterocycles. The van der Waals surface area contributed by atoms with Gasteiger partial charge in [0, 0.05) is 12.6 Å². The number of anilines is 1. The molecule has 8 nitrogen and oxygen atoms in total. The first-order chi connectivity index (χ1) is 15.1. The van der Waals surface area contributed by atoms with Crippen molar-refractivity contribution in [1.29, 1.82) is 0 Å². The zero-order valence-corrected chi connectivity index (χ0v) is 17.5. The highest BCUT2D eigenvalue weighted by Gasteiger charge is 2.34. The van der Waals surface area contributed by atoms with Gasteiger partial charge in [-0.05, 0) is 49.4 Å². The zero-order chi connectivity index (χ0) is 21.5. The van der Waals surface area contributed by atoms with Crippen LogP contribution in [0.4, 0.5) is 5.82 Å². The second kappa shape index (κ2) is 7.77. The van der Waals surface area contributed by atoms with E-state index in [2.05, 4.69) is 26.8 Å². The van der Waals surface area contributed by atoms with Crippen LogP contribution in [0.15, 0.2) is 43.2 Å². The van der Waals surface area contributed by atoms with Crippen molar-refractivity contribution < 1.29 is 9.59 Å². The molecule has 1 aromatic carbocycles. The van der Waals surface area contributed by atoms with E-state index in [4.69, 9.17) is 11.6 Å². The smallest absolute Gasteiger partial charge is 0.261 e. The Morgan fingerprint density at radius 1 is 1.19 bits per heavy atom. The van der Waals surface area contributed by atoms with Crippen molar-refractivity contribution in [3.05, 3.63) is 59.7 Å². The molecule has 1 N–H and O–H groups in total. The number of carbonyl (C=O) groups excluding carboxylic acids is 2. The average Bonchev–Trinajstić information content (AvgIpc) is 3.44. The summed E-state index contributed by atoms with van der Waals surface area (Å²) in [7, 11) is 0. The van der Waals surface area contributed by atoms with Crippen LogP contribution in [0, 0.1) is 0 Å². The molecule has 2 aromatic heterocycles.